The van der Waals surface area contributed by atoms with E-state index in [1.807, 2.05) is 11.8 Å². The van der Waals surface area contributed by atoms with Gasteiger partial charge < -0.3 is 0 Å². The molecule has 0 atom stereocenters. The number of halogens is 1. The van der Waals surface area contributed by atoms with E-state index in [-0.39, 0.29) is 0 Å². The van der Waals surface area contributed by atoms with E-state index in [0.29, 0.717) is 5.41 Å². The van der Waals surface area contributed by atoms with Crippen LogP contribution in [0.25, 0.3) is 0 Å². The Bertz CT molecular complexity index is 331. The molecule has 70 valence electrons. The monoisotopic (exact) mass is 256 g/mol. The first-order valence-corrected chi connectivity index (χ1v) is 6.26. The minimum Gasteiger partial charge on any atom is -0.125 e. The van der Waals surface area contributed by atoms with Gasteiger partial charge in [-0.05, 0) is 35.6 Å². The Kier molecular flexibility index (Phi) is 2.45. The van der Waals surface area contributed by atoms with Gasteiger partial charge in [-0.2, -0.15) is 0 Å². The van der Waals surface area contributed by atoms with Gasteiger partial charge in [-0.3, -0.25) is 0 Å². The number of hydrogen-bond acceptors (Lipinski definition) is 1. The van der Waals surface area contributed by atoms with Crippen LogP contribution in [0.15, 0.2) is 27.6 Å². The van der Waals surface area contributed by atoms with E-state index in [1.54, 1.807) is 0 Å². The topological polar surface area (TPSA) is 0 Å². The lowest BCUT2D eigenvalue weighted by atomic mass is 9.87. The lowest BCUT2D eigenvalue weighted by Gasteiger charge is -2.30. The van der Waals surface area contributed by atoms with E-state index in [4.69, 9.17) is 0 Å². The Morgan fingerprint density at radius 1 is 1.38 bits per heavy atom. The third kappa shape index (κ3) is 2.10. The molecule has 0 saturated carbocycles. The largest absolute Gasteiger partial charge is 0.125 e. The van der Waals surface area contributed by atoms with Crippen molar-refractivity contribution in [1.82, 2.24) is 0 Å². The Morgan fingerprint density at radius 2 is 2.15 bits per heavy atom. The third-order valence-electron chi connectivity index (χ3n) is 2.31. The molecule has 1 aromatic carbocycles. The molecule has 2 heteroatoms. The molecule has 0 bridgehead atoms. The number of hydrogen-bond donors (Lipinski definition) is 0. The van der Waals surface area contributed by atoms with Crippen molar-refractivity contribution < 1.29 is 0 Å². The molecular formula is C11H13BrS. The van der Waals surface area contributed by atoms with Gasteiger partial charge in [0.2, 0.25) is 0 Å². The Hall–Kier alpha value is 0.0500. The highest BCUT2D eigenvalue weighted by molar-refractivity contribution is 9.10. The maximum atomic E-state index is 3.52. The lowest BCUT2D eigenvalue weighted by molar-refractivity contribution is 0.412. The van der Waals surface area contributed by atoms with E-state index in [1.165, 1.54) is 27.1 Å². The summed E-state index contributed by atoms with van der Waals surface area (Å²) in [4.78, 5) is 1.46. The first-order chi connectivity index (χ1) is 6.07. The molecule has 0 radical (unpaired) electrons. The van der Waals surface area contributed by atoms with E-state index in [2.05, 4.69) is 48.0 Å². The zero-order valence-corrected chi connectivity index (χ0v) is 10.3. The van der Waals surface area contributed by atoms with Gasteiger partial charge in [-0.25, -0.2) is 0 Å². The van der Waals surface area contributed by atoms with Crippen LogP contribution < -0.4 is 0 Å². The molecule has 0 N–H and O–H groups in total. The Balaban J connectivity index is 2.38. The Morgan fingerprint density at radius 3 is 2.92 bits per heavy atom. The maximum absolute atomic E-state index is 3.52. The summed E-state index contributed by atoms with van der Waals surface area (Å²) in [7, 11) is 0. The maximum Gasteiger partial charge on any atom is 0.0178 e. The second-order valence-corrected chi connectivity index (χ2v) is 6.31. The summed E-state index contributed by atoms with van der Waals surface area (Å²) >= 11 is 5.50. The summed E-state index contributed by atoms with van der Waals surface area (Å²) in [5, 5.41) is 0. The molecular weight excluding hydrogens is 244 g/mol. The fraction of sp³-hybridized carbons (Fsp3) is 0.455. The van der Waals surface area contributed by atoms with Crippen LogP contribution in [0.1, 0.15) is 19.4 Å². The highest BCUT2D eigenvalue weighted by Crippen LogP contribution is 2.40. The van der Waals surface area contributed by atoms with Crippen molar-refractivity contribution in [3.05, 3.63) is 28.2 Å². The van der Waals surface area contributed by atoms with Crippen molar-refractivity contribution in [2.24, 2.45) is 5.41 Å². The molecule has 0 aliphatic carbocycles. The molecule has 0 saturated heterocycles. The first kappa shape index (κ1) is 9.60. The highest BCUT2D eigenvalue weighted by Gasteiger charge is 2.25. The second-order valence-electron chi connectivity index (χ2n) is 4.38. The third-order valence-corrected chi connectivity index (χ3v) is 4.44. The standard InChI is InChI=1S/C11H13BrS/c1-11(2)6-8-5-9(12)3-4-10(8)13-7-11/h3-5H,6-7H2,1-2H3. The molecule has 13 heavy (non-hydrogen) atoms. The summed E-state index contributed by atoms with van der Waals surface area (Å²) in [6, 6.07) is 6.60. The summed E-state index contributed by atoms with van der Waals surface area (Å²) in [5.74, 6) is 1.24. The molecule has 1 aromatic rings. The summed E-state index contributed by atoms with van der Waals surface area (Å²) in [6.45, 7) is 4.67. The van der Waals surface area contributed by atoms with E-state index >= 15 is 0 Å². The van der Waals surface area contributed by atoms with Gasteiger partial charge in [0.25, 0.3) is 0 Å². The predicted octanol–water partition coefficient (Wildman–Crippen LogP) is 4.12. The van der Waals surface area contributed by atoms with Crippen LogP contribution in [0.2, 0.25) is 0 Å². The SMILES string of the molecule is CC1(C)CSc2ccc(Br)cc2C1. The van der Waals surface area contributed by atoms with E-state index < -0.39 is 0 Å². The van der Waals surface area contributed by atoms with Gasteiger partial charge in [0, 0.05) is 15.1 Å². The first-order valence-electron chi connectivity index (χ1n) is 4.48. The van der Waals surface area contributed by atoms with Crippen molar-refractivity contribution in [3.8, 4) is 0 Å². The predicted molar refractivity (Wildman–Crippen MR) is 62.4 cm³/mol. The molecule has 0 fully saturated rings. The van der Waals surface area contributed by atoms with Gasteiger partial charge in [-0.1, -0.05) is 29.8 Å². The van der Waals surface area contributed by atoms with Crippen molar-refractivity contribution in [2.45, 2.75) is 25.2 Å². The molecule has 2 rings (SSSR count). The summed E-state index contributed by atoms with van der Waals surface area (Å²) in [6.07, 6.45) is 1.20. The van der Waals surface area contributed by atoms with Crippen molar-refractivity contribution in [2.75, 3.05) is 5.75 Å². The zero-order valence-electron chi connectivity index (χ0n) is 7.93. The van der Waals surface area contributed by atoms with Crippen LogP contribution in [-0.2, 0) is 6.42 Å². The smallest absolute Gasteiger partial charge is 0.0178 e. The Labute approximate surface area is 92.2 Å². The van der Waals surface area contributed by atoms with Gasteiger partial charge in [0.1, 0.15) is 0 Å². The van der Waals surface area contributed by atoms with Crippen LogP contribution in [0.3, 0.4) is 0 Å². The van der Waals surface area contributed by atoms with Gasteiger partial charge in [-0.15, -0.1) is 11.8 Å². The molecule has 0 amide bonds. The quantitative estimate of drug-likeness (QED) is 0.673. The van der Waals surface area contributed by atoms with Crippen LogP contribution in [-0.4, -0.2) is 5.75 Å². The average molecular weight is 257 g/mol. The highest BCUT2D eigenvalue weighted by atomic mass is 79.9. The van der Waals surface area contributed by atoms with Gasteiger partial charge in [0.15, 0.2) is 0 Å². The normalized spacial score (nSPS) is 19.6. The second kappa shape index (κ2) is 3.32. The molecule has 0 nitrogen and oxygen atoms in total. The zero-order chi connectivity index (χ0) is 9.47. The fourth-order valence-electron chi connectivity index (χ4n) is 1.67. The molecule has 0 spiro atoms. The van der Waals surface area contributed by atoms with Crippen LogP contribution in [0.4, 0.5) is 0 Å². The fourth-order valence-corrected chi connectivity index (χ4v) is 3.20. The van der Waals surface area contributed by atoms with E-state index in [9.17, 15) is 0 Å². The molecule has 1 aliphatic heterocycles. The van der Waals surface area contributed by atoms with Crippen molar-refractivity contribution in [3.63, 3.8) is 0 Å². The van der Waals surface area contributed by atoms with Gasteiger partial charge in [0.05, 0.1) is 0 Å². The number of rotatable bonds is 0. The molecule has 1 heterocycles. The average Bonchev–Trinajstić information content (AvgIpc) is 2.01. The number of benzene rings is 1. The summed E-state index contributed by atoms with van der Waals surface area (Å²) < 4.78 is 1.20. The lowest BCUT2D eigenvalue weighted by Crippen LogP contribution is -2.22. The summed E-state index contributed by atoms with van der Waals surface area (Å²) in [5.41, 5.74) is 1.95. The van der Waals surface area contributed by atoms with Crippen LogP contribution in [0, 0.1) is 5.41 Å². The van der Waals surface area contributed by atoms with Crippen molar-refractivity contribution >= 4 is 27.7 Å². The molecule has 1 aliphatic rings. The van der Waals surface area contributed by atoms with Crippen LogP contribution in [0.5, 0.6) is 0 Å². The van der Waals surface area contributed by atoms with Crippen molar-refractivity contribution in [1.29, 1.82) is 0 Å². The minimum absolute atomic E-state index is 0.457. The number of fused-ring (bicyclic) bond motifs is 1. The van der Waals surface area contributed by atoms with Crippen LogP contribution >= 0.6 is 27.7 Å². The van der Waals surface area contributed by atoms with Gasteiger partial charge >= 0.3 is 0 Å². The molecule has 0 aromatic heterocycles. The molecule has 0 unspecified atom stereocenters. The van der Waals surface area contributed by atoms with E-state index in [0.717, 1.165) is 0 Å². The minimum atomic E-state index is 0.457. The number of thioether (sulfide) groups is 1.